The number of methoxy groups -OCH3 is 1. The van der Waals surface area contributed by atoms with Gasteiger partial charge in [-0.15, -0.1) is 0 Å². The van der Waals surface area contributed by atoms with Crippen molar-refractivity contribution in [1.82, 2.24) is 10.2 Å². The van der Waals surface area contributed by atoms with E-state index in [1.165, 1.54) is 51.7 Å². The first kappa shape index (κ1) is 14.9. The van der Waals surface area contributed by atoms with Crippen LogP contribution in [0.3, 0.4) is 0 Å². The molecule has 1 unspecified atom stereocenters. The smallest absolute Gasteiger partial charge is 0.0587 e. The van der Waals surface area contributed by atoms with E-state index < -0.39 is 0 Å². The lowest BCUT2D eigenvalue weighted by Gasteiger charge is -2.19. The molecular weight excluding hydrogens is 212 g/mol. The van der Waals surface area contributed by atoms with Gasteiger partial charge in [0.05, 0.1) is 6.61 Å². The van der Waals surface area contributed by atoms with Crippen molar-refractivity contribution in [3.05, 3.63) is 0 Å². The molecule has 1 aliphatic heterocycles. The van der Waals surface area contributed by atoms with Crippen molar-refractivity contribution in [1.29, 1.82) is 0 Å². The van der Waals surface area contributed by atoms with E-state index in [9.17, 15) is 0 Å². The molecule has 1 saturated heterocycles. The fraction of sp³-hybridized carbons (Fsp3) is 1.00. The molecule has 17 heavy (non-hydrogen) atoms. The standard InChI is InChI=1S/C14H30N2O/c1-14-6-5-11-16(12-7-14)10-4-3-8-15-9-13-17-2/h14-15H,3-13H2,1-2H3. The van der Waals surface area contributed by atoms with Crippen LogP contribution in [0.15, 0.2) is 0 Å². The second-order valence-corrected chi connectivity index (χ2v) is 5.33. The average Bonchev–Trinajstić information content (AvgIpc) is 2.53. The van der Waals surface area contributed by atoms with Crippen molar-refractivity contribution in [3.8, 4) is 0 Å². The molecule has 1 N–H and O–H groups in total. The van der Waals surface area contributed by atoms with Gasteiger partial charge in [-0.2, -0.15) is 0 Å². The Bertz CT molecular complexity index is 176. The fourth-order valence-electron chi connectivity index (χ4n) is 2.43. The monoisotopic (exact) mass is 242 g/mol. The molecule has 1 fully saturated rings. The summed E-state index contributed by atoms with van der Waals surface area (Å²) in [6.45, 7) is 9.26. The van der Waals surface area contributed by atoms with Crippen LogP contribution < -0.4 is 5.32 Å². The van der Waals surface area contributed by atoms with Gasteiger partial charge in [0.1, 0.15) is 0 Å². The third-order valence-corrected chi connectivity index (χ3v) is 3.67. The molecule has 1 heterocycles. The Balaban J connectivity index is 1.91. The predicted octanol–water partition coefficient (Wildman–Crippen LogP) is 2.12. The van der Waals surface area contributed by atoms with Crippen LogP contribution in [-0.4, -0.2) is 51.3 Å². The third kappa shape index (κ3) is 7.74. The Morgan fingerprint density at radius 2 is 2.06 bits per heavy atom. The lowest BCUT2D eigenvalue weighted by molar-refractivity contribution is 0.199. The molecule has 0 spiro atoms. The van der Waals surface area contributed by atoms with Crippen molar-refractivity contribution < 1.29 is 4.74 Å². The highest BCUT2D eigenvalue weighted by Crippen LogP contribution is 2.16. The lowest BCUT2D eigenvalue weighted by atomic mass is 10.0. The molecule has 0 saturated carbocycles. The molecule has 0 aromatic rings. The molecule has 0 aromatic heterocycles. The largest absolute Gasteiger partial charge is 0.383 e. The molecule has 1 atom stereocenters. The van der Waals surface area contributed by atoms with Crippen molar-refractivity contribution in [2.45, 2.75) is 39.0 Å². The van der Waals surface area contributed by atoms with E-state index in [-0.39, 0.29) is 0 Å². The van der Waals surface area contributed by atoms with Crippen molar-refractivity contribution in [2.24, 2.45) is 5.92 Å². The minimum atomic E-state index is 0.823. The summed E-state index contributed by atoms with van der Waals surface area (Å²) in [6, 6.07) is 0. The van der Waals surface area contributed by atoms with E-state index in [1.807, 2.05) is 0 Å². The molecule has 1 rings (SSSR count). The van der Waals surface area contributed by atoms with Crippen LogP contribution in [0.2, 0.25) is 0 Å². The molecule has 0 aliphatic carbocycles. The second-order valence-electron chi connectivity index (χ2n) is 5.33. The Labute approximate surface area is 107 Å². The van der Waals surface area contributed by atoms with Gasteiger partial charge in [-0.25, -0.2) is 0 Å². The second kappa shape index (κ2) is 9.86. The molecule has 102 valence electrons. The molecule has 0 bridgehead atoms. The zero-order chi connectivity index (χ0) is 12.3. The van der Waals surface area contributed by atoms with E-state index in [0.717, 1.165) is 25.6 Å². The highest BCUT2D eigenvalue weighted by molar-refractivity contribution is 4.67. The van der Waals surface area contributed by atoms with Gasteiger partial charge in [-0.3, -0.25) is 0 Å². The van der Waals surface area contributed by atoms with Gasteiger partial charge in [-0.1, -0.05) is 6.92 Å². The van der Waals surface area contributed by atoms with Gasteiger partial charge in [0.15, 0.2) is 0 Å². The summed E-state index contributed by atoms with van der Waals surface area (Å²) in [5, 5.41) is 3.40. The normalized spacial score (nSPS) is 22.6. The van der Waals surface area contributed by atoms with Crippen molar-refractivity contribution in [2.75, 3.05) is 46.4 Å². The number of rotatable bonds is 8. The van der Waals surface area contributed by atoms with Crippen molar-refractivity contribution >= 4 is 0 Å². The SMILES string of the molecule is COCCNCCCCN1CCCC(C)CC1. The minimum absolute atomic E-state index is 0.823. The van der Waals surface area contributed by atoms with E-state index in [0.29, 0.717) is 0 Å². The maximum Gasteiger partial charge on any atom is 0.0587 e. The van der Waals surface area contributed by atoms with Crippen molar-refractivity contribution in [3.63, 3.8) is 0 Å². The predicted molar refractivity (Wildman–Crippen MR) is 73.4 cm³/mol. The van der Waals surface area contributed by atoms with Crippen LogP contribution in [0, 0.1) is 5.92 Å². The Hall–Kier alpha value is -0.120. The van der Waals surface area contributed by atoms with Crippen LogP contribution in [-0.2, 0) is 4.74 Å². The number of unbranched alkanes of at least 4 members (excludes halogenated alkanes) is 1. The average molecular weight is 242 g/mol. The molecule has 3 heteroatoms. The summed E-state index contributed by atoms with van der Waals surface area (Å²) in [5.41, 5.74) is 0. The van der Waals surface area contributed by atoms with Gasteiger partial charge in [0.25, 0.3) is 0 Å². The van der Waals surface area contributed by atoms with E-state index in [1.54, 1.807) is 7.11 Å². The van der Waals surface area contributed by atoms with E-state index >= 15 is 0 Å². The van der Waals surface area contributed by atoms with Gasteiger partial charge in [-0.05, 0) is 64.2 Å². The molecule has 0 amide bonds. The minimum Gasteiger partial charge on any atom is -0.383 e. The Morgan fingerprint density at radius 1 is 1.18 bits per heavy atom. The molecule has 0 aromatic carbocycles. The van der Waals surface area contributed by atoms with E-state index in [4.69, 9.17) is 4.74 Å². The molecule has 0 radical (unpaired) electrons. The van der Waals surface area contributed by atoms with E-state index in [2.05, 4.69) is 17.1 Å². The molecule has 3 nitrogen and oxygen atoms in total. The first-order valence-corrected chi connectivity index (χ1v) is 7.25. The lowest BCUT2D eigenvalue weighted by Crippen LogP contribution is -2.27. The van der Waals surface area contributed by atoms with Crippen LogP contribution in [0.5, 0.6) is 0 Å². The summed E-state index contributed by atoms with van der Waals surface area (Å²) in [4.78, 5) is 2.65. The fourth-order valence-corrected chi connectivity index (χ4v) is 2.43. The third-order valence-electron chi connectivity index (χ3n) is 3.67. The van der Waals surface area contributed by atoms with Crippen LogP contribution in [0.1, 0.15) is 39.0 Å². The topological polar surface area (TPSA) is 24.5 Å². The highest BCUT2D eigenvalue weighted by Gasteiger charge is 2.12. The first-order valence-electron chi connectivity index (χ1n) is 7.25. The number of hydrogen-bond donors (Lipinski definition) is 1. The zero-order valence-electron chi connectivity index (χ0n) is 11.7. The number of ether oxygens (including phenoxy) is 1. The first-order chi connectivity index (χ1) is 8.33. The Morgan fingerprint density at radius 3 is 2.88 bits per heavy atom. The van der Waals surface area contributed by atoms with Gasteiger partial charge >= 0.3 is 0 Å². The van der Waals surface area contributed by atoms with Crippen LogP contribution >= 0.6 is 0 Å². The quantitative estimate of drug-likeness (QED) is 0.660. The number of likely N-dealkylation sites (tertiary alicyclic amines) is 1. The van der Waals surface area contributed by atoms with Gasteiger partial charge < -0.3 is 15.0 Å². The number of hydrogen-bond acceptors (Lipinski definition) is 3. The molecule has 1 aliphatic rings. The summed E-state index contributed by atoms with van der Waals surface area (Å²) in [6.07, 6.45) is 6.83. The summed E-state index contributed by atoms with van der Waals surface area (Å²) < 4.78 is 5.00. The maximum atomic E-state index is 5.00. The van der Waals surface area contributed by atoms with Crippen LogP contribution in [0.4, 0.5) is 0 Å². The van der Waals surface area contributed by atoms with Crippen LogP contribution in [0.25, 0.3) is 0 Å². The van der Waals surface area contributed by atoms with Gasteiger partial charge in [0, 0.05) is 13.7 Å². The molecular formula is C14H30N2O. The zero-order valence-corrected chi connectivity index (χ0v) is 11.7. The Kier molecular flexibility index (Phi) is 8.67. The summed E-state index contributed by atoms with van der Waals surface area (Å²) in [5.74, 6) is 0.940. The highest BCUT2D eigenvalue weighted by atomic mass is 16.5. The maximum absolute atomic E-state index is 5.00. The number of nitrogens with zero attached hydrogens (tertiary/aromatic N) is 1. The summed E-state index contributed by atoms with van der Waals surface area (Å²) in [7, 11) is 1.75. The van der Waals surface area contributed by atoms with Gasteiger partial charge in [0.2, 0.25) is 0 Å². The number of nitrogens with one attached hydrogen (secondary N) is 1. The summed E-state index contributed by atoms with van der Waals surface area (Å²) >= 11 is 0.